The van der Waals surface area contributed by atoms with Gasteiger partial charge in [0.2, 0.25) is 5.91 Å². The number of benzene rings is 1. The van der Waals surface area contributed by atoms with Crippen molar-refractivity contribution in [1.29, 1.82) is 0 Å². The van der Waals surface area contributed by atoms with E-state index >= 15 is 0 Å². The van der Waals surface area contributed by atoms with Crippen molar-refractivity contribution < 1.29 is 4.79 Å². The van der Waals surface area contributed by atoms with Gasteiger partial charge < -0.3 is 11.1 Å². The number of nitrogens with one attached hydrogen (secondary N) is 1. The summed E-state index contributed by atoms with van der Waals surface area (Å²) in [4.78, 5) is 17.2. The third-order valence-corrected chi connectivity index (χ3v) is 4.58. The molecule has 1 saturated carbocycles. The van der Waals surface area contributed by atoms with Crippen molar-refractivity contribution in [3.63, 3.8) is 0 Å². The van der Waals surface area contributed by atoms with E-state index in [1.54, 1.807) is 6.20 Å². The van der Waals surface area contributed by atoms with Crippen LogP contribution in [0, 0.1) is 11.3 Å². The second-order valence-corrected chi connectivity index (χ2v) is 6.23. The fourth-order valence-corrected chi connectivity index (χ4v) is 3.34. The minimum Gasteiger partial charge on any atom is -0.392 e. The number of nitrogens with zero attached hydrogens (tertiary/aromatic N) is 1. The average molecular weight is 299 g/mol. The van der Waals surface area contributed by atoms with Crippen LogP contribution in [0.3, 0.4) is 0 Å². The van der Waals surface area contributed by atoms with Crippen LogP contribution in [0.4, 0.5) is 5.69 Å². The zero-order valence-electron chi connectivity index (χ0n) is 11.8. The van der Waals surface area contributed by atoms with Crippen LogP contribution in [0.5, 0.6) is 0 Å². The van der Waals surface area contributed by atoms with Gasteiger partial charge in [-0.05, 0) is 43.0 Å². The quantitative estimate of drug-likeness (QED) is 0.855. The van der Waals surface area contributed by atoms with Gasteiger partial charge in [0.25, 0.3) is 0 Å². The molecule has 0 unspecified atom stereocenters. The monoisotopic (exact) mass is 299 g/mol. The zero-order chi connectivity index (χ0) is 15.0. The SMILES string of the molecule is CC1CC(C(=O)Nc2cccc3ncccc23)(C(N)=S)C1. The molecule has 0 atom stereocenters. The second-order valence-electron chi connectivity index (χ2n) is 5.79. The lowest BCUT2D eigenvalue weighted by molar-refractivity contribution is -0.127. The molecule has 3 N–H and O–H groups in total. The molecule has 0 aliphatic heterocycles. The molecular weight excluding hydrogens is 282 g/mol. The number of hydrogen-bond donors (Lipinski definition) is 2. The summed E-state index contributed by atoms with van der Waals surface area (Å²) in [6.45, 7) is 2.10. The van der Waals surface area contributed by atoms with Crippen molar-refractivity contribution >= 4 is 39.7 Å². The number of amides is 1. The standard InChI is InChI=1S/C16H17N3OS/c1-10-8-16(9-10,14(17)21)15(20)19-13-6-2-5-12-11(13)4-3-7-18-12/h2-7,10H,8-9H2,1H3,(H2,17,21)(H,19,20). The highest BCUT2D eigenvalue weighted by Gasteiger charge is 2.50. The van der Waals surface area contributed by atoms with Crippen molar-refractivity contribution in [1.82, 2.24) is 4.98 Å². The highest BCUT2D eigenvalue weighted by molar-refractivity contribution is 7.80. The number of pyridine rings is 1. The summed E-state index contributed by atoms with van der Waals surface area (Å²) >= 11 is 5.13. The van der Waals surface area contributed by atoms with Gasteiger partial charge in [-0.15, -0.1) is 0 Å². The summed E-state index contributed by atoms with van der Waals surface area (Å²) in [5.74, 6) is 0.371. The summed E-state index contributed by atoms with van der Waals surface area (Å²) < 4.78 is 0. The van der Waals surface area contributed by atoms with Crippen LogP contribution >= 0.6 is 12.2 Å². The molecule has 1 aromatic heterocycles. The summed E-state index contributed by atoms with van der Waals surface area (Å²) in [6.07, 6.45) is 3.17. The Kier molecular flexibility index (Phi) is 3.37. The Bertz CT molecular complexity index is 717. The van der Waals surface area contributed by atoms with Gasteiger partial charge in [-0.1, -0.05) is 25.2 Å². The molecule has 4 nitrogen and oxygen atoms in total. The molecule has 0 radical (unpaired) electrons. The van der Waals surface area contributed by atoms with Gasteiger partial charge in [0.1, 0.15) is 0 Å². The molecule has 1 amide bonds. The molecule has 0 spiro atoms. The maximum atomic E-state index is 12.6. The number of rotatable bonds is 3. The smallest absolute Gasteiger partial charge is 0.237 e. The van der Waals surface area contributed by atoms with Crippen molar-refractivity contribution in [2.24, 2.45) is 17.1 Å². The third-order valence-electron chi connectivity index (χ3n) is 4.19. The number of aromatic nitrogens is 1. The number of hydrogen-bond acceptors (Lipinski definition) is 3. The van der Waals surface area contributed by atoms with E-state index in [0.29, 0.717) is 5.92 Å². The molecule has 5 heteroatoms. The van der Waals surface area contributed by atoms with E-state index < -0.39 is 5.41 Å². The fraction of sp³-hybridized carbons (Fsp3) is 0.312. The van der Waals surface area contributed by atoms with Crippen LogP contribution in [0.15, 0.2) is 36.5 Å². The van der Waals surface area contributed by atoms with Gasteiger partial charge in [0.15, 0.2) is 0 Å². The second kappa shape index (κ2) is 5.07. The number of carbonyl (C=O) groups excluding carboxylic acids is 1. The molecule has 3 rings (SSSR count). The first kappa shape index (κ1) is 13.9. The molecule has 1 fully saturated rings. The predicted molar refractivity (Wildman–Crippen MR) is 88.0 cm³/mol. The predicted octanol–water partition coefficient (Wildman–Crippen LogP) is 2.88. The van der Waals surface area contributed by atoms with Crippen molar-refractivity contribution in [3.8, 4) is 0 Å². The van der Waals surface area contributed by atoms with Crippen LogP contribution < -0.4 is 11.1 Å². The van der Waals surface area contributed by atoms with E-state index in [0.717, 1.165) is 29.4 Å². The fourth-order valence-electron chi connectivity index (χ4n) is 3.08. The van der Waals surface area contributed by atoms with Crippen molar-refractivity contribution in [3.05, 3.63) is 36.5 Å². The summed E-state index contributed by atoms with van der Waals surface area (Å²) in [5.41, 5.74) is 6.72. The Balaban J connectivity index is 1.92. The molecule has 0 saturated heterocycles. The largest absolute Gasteiger partial charge is 0.392 e. The van der Waals surface area contributed by atoms with E-state index in [1.807, 2.05) is 30.3 Å². The van der Waals surface area contributed by atoms with Crippen molar-refractivity contribution in [2.45, 2.75) is 19.8 Å². The van der Waals surface area contributed by atoms with E-state index in [2.05, 4.69) is 17.2 Å². The van der Waals surface area contributed by atoms with Crippen LogP contribution in [0.2, 0.25) is 0 Å². The van der Waals surface area contributed by atoms with E-state index in [-0.39, 0.29) is 10.9 Å². The number of carbonyl (C=O) groups is 1. The normalized spacial score (nSPS) is 24.3. The van der Waals surface area contributed by atoms with E-state index in [4.69, 9.17) is 18.0 Å². The van der Waals surface area contributed by atoms with Gasteiger partial charge in [0.05, 0.1) is 21.6 Å². The Morgan fingerprint density at radius 2 is 2.14 bits per heavy atom. The first-order valence-electron chi connectivity index (χ1n) is 6.98. The third kappa shape index (κ3) is 2.27. The number of anilines is 1. The molecule has 108 valence electrons. The first-order chi connectivity index (χ1) is 10.0. The lowest BCUT2D eigenvalue weighted by atomic mass is 9.62. The molecule has 21 heavy (non-hydrogen) atoms. The lowest BCUT2D eigenvalue weighted by Gasteiger charge is -2.44. The van der Waals surface area contributed by atoms with Crippen LogP contribution in [-0.4, -0.2) is 15.9 Å². The van der Waals surface area contributed by atoms with Crippen LogP contribution in [0.1, 0.15) is 19.8 Å². The maximum Gasteiger partial charge on any atom is 0.237 e. The number of fused-ring (bicyclic) bond motifs is 1. The van der Waals surface area contributed by atoms with Gasteiger partial charge in [-0.3, -0.25) is 9.78 Å². The average Bonchev–Trinajstić information content (AvgIpc) is 2.43. The van der Waals surface area contributed by atoms with E-state index in [1.165, 1.54) is 0 Å². The molecule has 2 aromatic rings. The molecular formula is C16H17N3OS. The number of thiocarbonyl (C=S) groups is 1. The van der Waals surface area contributed by atoms with Crippen molar-refractivity contribution in [2.75, 3.05) is 5.32 Å². The van der Waals surface area contributed by atoms with Crippen LogP contribution in [-0.2, 0) is 4.79 Å². The summed E-state index contributed by atoms with van der Waals surface area (Å²) in [5, 5.41) is 3.90. The highest BCUT2D eigenvalue weighted by Crippen LogP contribution is 2.46. The van der Waals surface area contributed by atoms with Gasteiger partial charge >= 0.3 is 0 Å². The molecule has 1 aliphatic carbocycles. The summed E-state index contributed by atoms with van der Waals surface area (Å²) in [6, 6.07) is 9.46. The van der Waals surface area contributed by atoms with Gasteiger partial charge in [0, 0.05) is 11.6 Å². The minimum absolute atomic E-state index is 0.107. The summed E-state index contributed by atoms with van der Waals surface area (Å²) in [7, 11) is 0. The van der Waals surface area contributed by atoms with Crippen LogP contribution in [0.25, 0.3) is 10.9 Å². The Morgan fingerprint density at radius 1 is 1.38 bits per heavy atom. The number of nitrogens with two attached hydrogens (primary N) is 1. The molecule has 0 bridgehead atoms. The molecule has 1 aromatic carbocycles. The Morgan fingerprint density at radius 3 is 2.81 bits per heavy atom. The zero-order valence-corrected chi connectivity index (χ0v) is 12.6. The molecule has 1 aliphatic rings. The maximum absolute atomic E-state index is 12.6. The highest BCUT2D eigenvalue weighted by atomic mass is 32.1. The van der Waals surface area contributed by atoms with E-state index in [9.17, 15) is 4.79 Å². The Labute approximate surface area is 128 Å². The first-order valence-corrected chi connectivity index (χ1v) is 7.39. The molecule has 1 heterocycles. The topological polar surface area (TPSA) is 68.0 Å². The lowest BCUT2D eigenvalue weighted by Crippen LogP contribution is -2.53. The minimum atomic E-state index is -0.695. The van der Waals surface area contributed by atoms with Gasteiger partial charge in [-0.2, -0.15) is 0 Å². The Hall–Kier alpha value is -2.01. The van der Waals surface area contributed by atoms with Gasteiger partial charge in [-0.25, -0.2) is 0 Å².